The molecule has 1 radical (unpaired) electrons. The molecule has 0 fully saturated rings. The number of halogens is 1. The molecule has 0 saturated carbocycles. The third kappa shape index (κ3) is 5.47. The van der Waals surface area contributed by atoms with E-state index in [0.717, 1.165) is 21.2 Å². The zero-order valence-electron chi connectivity index (χ0n) is 3.87. The molecule has 4 nitrogen and oxygen atoms in total. The van der Waals surface area contributed by atoms with E-state index in [1.807, 2.05) is 0 Å². The van der Waals surface area contributed by atoms with Gasteiger partial charge in [-0.1, -0.05) is 4.57 Å². The quantitative estimate of drug-likeness (QED) is 0.273. The standard InChI is InChI=1S/IO4PS.Li/c1-7(4,5)6(2)3;. The van der Waals surface area contributed by atoms with Crippen LogP contribution in [0.2, 0.25) is 0 Å². The maximum Gasteiger partial charge on any atom is 0.451 e. The van der Waals surface area contributed by atoms with Crippen LogP contribution in [0.5, 0.6) is 0 Å². The van der Waals surface area contributed by atoms with Gasteiger partial charge in [-0.2, -0.15) is 8.42 Å². The van der Waals surface area contributed by atoms with E-state index in [1.165, 1.54) is 0 Å². The fourth-order valence-electron chi connectivity index (χ4n) is 0. The zero-order valence-corrected chi connectivity index (χ0v) is 7.73. The Kier molecular flexibility index (Phi) is 6.33. The van der Waals surface area contributed by atoms with Crippen LogP contribution in [0.3, 0.4) is 0 Å². The third-order valence-electron chi connectivity index (χ3n) is 0.178. The molecule has 1 unspecified atom stereocenters. The van der Waals surface area contributed by atoms with E-state index < -0.39 is 13.9 Å². The minimum atomic E-state index is -3.82. The molecule has 8 heteroatoms. The topological polar surface area (TPSA) is 74.3 Å². The molecule has 8 heavy (non-hydrogen) atoms. The van der Waals surface area contributed by atoms with Crippen molar-refractivity contribution in [3.63, 3.8) is 0 Å². The molecule has 0 aliphatic carbocycles. The van der Waals surface area contributed by atoms with Gasteiger partial charge in [0, 0.05) is 18.9 Å². The van der Waals surface area contributed by atoms with Crippen molar-refractivity contribution in [1.29, 1.82) is 0 Å². The Labute approximate surface area is 71.3 Å². The maximum absolute atomic E-state index is 9.72. The van der Waals surface area contributed by atoms with Crippen LogP contribution in [0.1, 0.15) is 0 Å². The van der Waals surface area contributed by atoms with Crippen LogP contribution in [0, 0.1) is 0 Å². The van der Waals surface area contributed by atoms with E-state index in [9.17, 15) is 17.9 Å². The van der Waals surface area contributed by atoms with Crippen molar-refractivity contribution in [2.24, 2.45) is 0 Å². The molecular weight excluding hydrogens is 261 g/mol. The monoisotopic (exact) mass is 261 g/mol. The summed E-state index contributed by atoms with van der Waals surface area (Å²) in [6.07, 6.45) is 0. The van der Waals surface area contributed by atoms with Gasteiger partial charge in [-0.3, -0.25) is 0 Å². The molecule has 0 rings (SSSR count). The summed E-state index contributed by atoms with van der Waals surface area (Å²) in [6.45, 7) is -3.82. The Morgan fingerprint density at radius 2 is 1.62 bits per heavy atom. The fraction of sp³-hybridized carbons (Fsp3) is 0. The van der Waals surface area contributed by atoms with Crippen LogP contribution in [-0.4, -0.2) is 27.3 Å². The summed E-state index contributed by atoms with van der Waals surface area (Å²) in [5.74, 6) is 0. The van der Waals surface area contributed by atoms with Gasteiger partial charge in [-0.25, -0.2) is 0 Å². The van der Waals surface area contributed by atoms with Gasteiger partial charge in [0.25, 0.3) is 0 Å². The van der Waals surface area contributed by atoms with Crippen LogP contribution in [0.4, 0.5) is 0 Å². The Bertz CT molecular complexity index is 170. The second-order valence-electron chi connectivity index (χ2n) is 0.636. The van der Waals surface area contributed by atoms with Crippen LogP contribution in [-0.2, 0) is 11.2 Å². The Balaban J connectivity index is 0. The largest absolute Gasteiger partial charge is 0.580 e. The van der Waals surface area contributed by atoms with Gasteiger partial charge in [0.05, 0.1) is 0 Å². The summed E-state index contributed by atoms with van der Waals surface area (Å²) in [7, 11) is -3.28. The van der Waals surface area contributed by atoms with Crippen molar-refractivity contribution in [1.82, 2.24) is 0 Å². The summed E-state index contributed by atoms with van der Waals surface area (Å²) in [5.41, 5.74) is 0. The first-order chi connectivity index (χ1) is 2.94. The smallest absolute Gasteiger partial charge is 0.451 e. The molecule has 0 aliphatic heterocycles. The molecule has 43 valence electrons. The number of hydrogen-bond donors (Lipinski definition) is 0. The first-order valence-electron chi connectivity index (χ1n) is 1.04. The van der Waals surface area contributed by atoms with Crippen molar-refractivity contribution >= 4 is 53.9 Å². The van der Waals surface area contributed by atoms with Crippen LogP contribution in [0.25, 0.3) is 0 Å². The first-order valence-corrected chi connectivity index (χ1v) is 6.84. The molecule has 0 amide bonds. The summed E-state index contributed by atoms with van der Waals surface area (Å²) >= 11 is 0.843. The summed E-state index contributed by atoms with van der Waals surface area (Å²) in [4.78, 5) is 9.46. The minimum absolute atomic E-state index is 0. The molecule has 0 spiro atoms. The van der Waals surface area contributed by atoms with Crippen molar-refractivity contribution in [3.05, 3.63) is 0 Å². The fourth-order valence-corrected chi connectivity index (χ4v) is 0. The van der Waals surface area contributed by atoms with Gasteiger partial charge in [0.15, 0.2) is 0 Å². The average molecular weight is 261 g/mol. The summed E-state index contributed by atoms with van der Waals surface area (Å²) < 4.78 is 28.9. The molecular formula is ILiO4PS. The van der Waals surface area contributed by atoms with Gasteiger partial charge < -0.3 is 4.89 Å². The average Bonchev–Trinajstić information content (AvgIpc) is 1.31. The molecule has 0 N–H and O–H groups in total. The van der Waals surface area contributed by atoms with Crippen LogP contribution < -0.4 is 4.89 Å². The molecule has 0 aromatic carbocycles. The number of rotatable bonds is 1. The van der Waals surface area contributed by atoms with Gasteiger partial charge in [-0.05, 0) is 0 Å². The van der Waals surface area contributed by atoms with Gasteiger partial charge >= 0.3 is 13.9 Å². The van der Waals surface area contributed by atoms with E-state index >= 15 is 0 Å². The van der Waals surface area contributed by atoms with E-state index in [1.54, 1.807) is 0 Å². The Morgan fingerprint density at radius 1 is 1.50 bits per heavy atom. The molecule has 0 aromatic heterocycles. The van der Waals surface area contributed by atoms with E-state index in [0.29, 0.717) is 0 Å². The second kappa shape index (κ2) is 4.20. The van der Waals surface area contributed by atoms with E-state index in [4.69, 9.17) is 0 Å². The molecule has 0 saturated heterocycles. The summed E-state index contributed by atoms with van der Waals surface area (Å²) in [6, 6.07) is 0. The van der Waals surface area contributed by atoms with E-state index in [2.05, 4.69) is 0 Å². The zero-order chi connectivity index (χ0) is 6.08. The molecule has 0 heterocycles. The Hall–Kier alpha value is 1.34. The second-order valence-corrected chi connectivity index (χ2v) is 9.81. The minimum Gasteiger partial charge on any atom is -0.580 e. The SMILES string of the molecule is O=[P+]([O-])S(=O)(=O)I.[Li]. The molecule has 0 bridgehead atoms. The maximum atomic E-state index is 9.72. The predicted molar refractivity (Wildman–Crippen MR) is 36.3 cm³/mol. The third-order valence-corrected chi connectivity index (χ3v) is 4.50. The van der Waals surface area contributed by atoms with E-state index in [-0.39, 0.29) is 18.9 Å². The normalized spacial score (nSPS) is 12.0. The molecule has 0 aromatic rings. The molecule has 1 atom stereocenters. The van der Waals surface area contributed by atoms with Gasteiger partial charge in [-0.15, -0.1) is 0 Å². The van der Waals surface area contributed by atoms with Gasteiger partial charge in [0.1, 0.15) is 21.2 Å². The van der Waals surface area contributed by atoms with Crippen molar-refractivity contribution in [2.75, 3.05) is 0 Å². The van der Waals surface area contributed by atoms with Crippen molar-refractivity contribution < 1.29 is 17.9 Å². The van der Waals surface area contributed by atoms with Crippen LogP contribution >= 0.6 is 28.4 Å². The van der Waals surface area contributed by atoms with Gasteiger partial charge in [0.2, 0.25) is 0 Å². The Morgan fingerprint density at radius 3 is 1.62 bits per heavy atom. The van der Waals surface area contributed by atoms with Crippen molar-refractivity contribution in [2.45, 2.75) is 0 Å². The summed E-state index contributed by atoms with van der Waals surface area (Å²) in [5, 5.41) is 0. The number of hydrogen-bond acceptors (Lipinski definition) is 4. The first kappa shape index (κ1) is 12.1. The predicted octanol–water partition coefficient (Wildman–Crippen LogP) is -0.612. The van der Waals surface area contributed by atoms with Crippen molar-refractivity contribution in [3.8, 4) is 0 Å². The van der Waals surface area contributed by atoms with Crippen LogP contribution in [0.15, 0.2) is 0 Å². The molecule has 0 aliphatic rings.